The molecule has 16 heavy (non-hydrogen) atoms. The van der Waals surface area contributed by atoms with Gasteiger partial charge in [0.05, 0.1) is 29.4 Å². The van der Waals surface area contributed by atoms with Gasteiger partial charge in [-0.25, -0.2) is 4.98 Å². The van der Waals surface area contributed by atoms with Gasteiger partial charge in [0.2, 0.25) is 0 Å². The molecule has 1 N–H and O–H groups in total. The van der Waals surface area contributed by atoms with E-state index in [1.807, 2.05) is 6.33 Å². The number of rotatable bonds is 1. The number of hydrogen-bond donors (Lipinski definition) is 1. The molecule has 0 amide bonds. The van der Waals surface area contributed by atoms with E-state index in [9.17, 15) is 0 Å². The molecular formula is C12H19N3O. The van der Waals surface area contributed by atoms with Crippen molar-refractivity contribution in [2.75, 3.05) is 13.2 Å². The highest BCUT2D eigenvalue weighted by Crippen LogP contribution is 2.36. The highest BCUT2D eigenvalue weighted by molar-refractivity contribution is 5.27. The number of aromatic nitrogens is 2. The summed E-state index contributed by atoms with van der Waals surface area (Å²) in [6, 6.07) is 0. The minimum Gasteiger partial charge on any atom is -0.376 e. The fourth-order valence-electron chi connectivity index (χ4n) is 3.15. The number of imidazole rings is 1. The molecule has 3 rings (SSSR count). The Hall–Kier alpha value is -0.870. The molecule has 2 unspecified atom stereocenters. The second-order valence-electron chi connectivity index (χ2n) is 5.03. The standard InChI is InChI=1S/C12H19N3O/c1-12(10-4-3-7-16-10)11-9(5-6-14-12)13-8-15(11)2/h8,10,14H,3-7H2,1-2H3. The first-order chi connectivity index (χ1) is 7.72. The monoisotopic (exact) mass is 221 g/mol. The van der Waals surface area contributed by atoms with Crippen molar-refractivity contribution >= 4 is 0 Å². The van der Waals surface area contributed by atoms with Gasteiger partial charge in [-0.2, -0.15) is 0 Å². The molecular weight excluding hydrogens is 202 g/mol. The Morgan fingerprint density at radius 2 is 2.50 bits per heavy atom. The molecule has 1 saturated heterocycles. The lowest BCUT2D eigenvalue weighted by molar-refractivity contribution is 0.0273. The lowest BCUT2D eigenvalue weighted by Gasteiger charge is -2.39. The summed E-state index contributed by atoms with van der Waals surface area (Å²) >= 11 is 0. The van der Waals surface area contributed by atoms with Crippen molar-refractivity contribution in [3.63, 3.8) is 0 Å². The number of nitrogens with zero attached hydrogens (tertiary/aromatic N) is 2. The van der Waals surface area contributed by atoms with Gasteiger partial charge in [-0.3, -0.25) is 0 Å². The smallest absolute Gasteiger partial charge is 0.0949 e. The molecule has 4 heteroatoms. The number of aryl methyl sites for hydroxylation is 1. The van der Waals surface area contributed by atoms with Crippen molar-refractivity contribution < 1.29 is 4.74 Å². The molecule has 0 radical (unpaired) electrons. The van der Waals surface area contributed by atoms with Crippen molar-refractivity contribution in [2.24, 2.45) is 7.05 Å². The van der Waals surface area contributed by atoms with Gasteiger partial charge in [0.25, 0.3) is 0 Å². The van der Waals surface area contributed by atoms with Crippen molar-refractivity contribution in [3.8, 4) is 0 Å². The van der Waals surface area contributed by atoms with E-state index in [4.69, 9.17) is 4.74 Å². The summed E-state index contributed by atoms with van der Waals surface area (Å²) in [6.45, 7) is 4.15. The molecule has 4 nitrogen and oxygen atoms in total. The molecule has 2 aliphatic rings. The quantitative estimate of drug-likeness (QED) is 0.767. The summed E-state index contributed by atoms with van der Waals surface area (Å²) in [6.07, 6.45) is 5.56. The molecule has 0 aromatic carbocycles. The highest BCUT2D eigenvalue weighted by Gasteiger charge is 2.43. The Labute approximate surface area is 96.0 Å². The molecule has 0 saturated carbocycles. The molecule has 1 aromatic heterocycles. The summed E-state index contributed by atoms with van der Waals surface area (Å²) in [7, 11) is 2.08. The van der Waals surface area contributed by atoms with E-state index in [-0.39, 0.29) is 5.54 Å². The van der Waals surface area contributed by atoms with Crippen LogP contribution in [0.3, 0.4) is 0 Å². The molecule has 2 atom stereocenters. The van der Waals surface area contributed by atoms with E-state index in [0.717, 1.165) is 26.0 Å². The van der Waals surface area contributed by atoms with Gasteiger partial charge in [0.1, 0.15) is 0 Å². The van der Waals surface area contributed by atoms with Gasteiger partial charge in [0.15, 0.2) is 0 Å². The summed E-state index contributed by atoms with van der Waals surface area (Å²) < 4.78 is 8.02. The van der Waals surface area contributed by atoms with Crippen LogP contribution in [0.15, 0.2) is 6.33 Å². The number of nitrogens with one attached hydrogen (secondary N) is 1. The van der Waals surface area contributed by atoms with Gasteiger partial charge in [-0.15, -0.1) is 0 Å². The van der Waals surface area contributed by atoms with E-state index < -0.39 is 0 Å². The van der Waals surface area contributed by atoms with Gasteiger partial charge < -0.3 is 14.6 Å². The van der Waals surface area contributed by atoms with Crippen LogP contribution in [0.4, 0.5) is 0 Å². The lowest BCUT2D eigenvalue weighted by Crippen LogP contribution is -2.53. The summed E-state index contributed by atoms with van der Waals surface area (Å²) in [4.78, 5) is 4.49. The zero-order chi connectivity index (χ0) is 11.2. The average Bonchev–Trinajstić information content (AvgIpc) is 2.88. The second-order valence-corrected chi connectivity index (χ2v) is 5.03. The van der Waals surface area contributed by atoms with E-state index in [2.05, 4.69) is 28.8 Å². The van der Waals surface area contributed by atoms with Gasteiger partial charge in [-0.05, 0) is 19.8 Å². The summed E-state index contributed by atoms with van der Waals surface area (Å²) in [5.41, 5.74) is 2.49. The van der Waals surface area contributed by atoms with Crippen LogP contribution in [0, 0.1) is 0 Å². The van der Waals surface area contributed by atoms with E-state index in [1.165, 1.54) is 17.8 Å². The van der Waals surface area contributed by atoms with E-state index in [1.54, 1.807) is 0 Å². The lowest BCUT2D eigenvalue weighted by atomic mass is 9.84. The first-order valence-electron chi connectivity index (χ1n) is 6.09. The number of hydrogen-bond acceptors (Lipinski definition) is 3. The van der Waals surface area contributed by atoms with Crippen LogP contribution >= 0.6 is 0 Å². The van der Waals surface area contributed by atoms with Crippen LogP contribution in [0.1, 0.15) is 31.2 Å². The maximum atomic E-state index is 5.87. The minimum absolute atomic E-state index is 0.0602. The Morgan fingerprint density at radius 3 is 3.25 bits per heavy atom. The molecule has 0 spiro atoms. The van der Waals surface area contributed by atoms with Crippen LogP contribution in [-0.4, -0.2) is 28.8 Å². The Kier molecular flexibility index (Phi) is 2.30. The van der Waals surface area contributed by atoms with Crippen molar-refractivity contribution in [1.29, 1.82) is 0 Å². The van der Waals surface area contributed by atoms with Gasteiger partial charge in [0, 0.05) is 26.6 Å². The van der Waals surface area contributed by atoms with Crippen molar-refractivity contribution in [1.82, 2.24) is 14.9 Å². The number of ether oxygens (including phenoxy) is 1. The predicted octanol–water partition coefficient (Wildman–Crippen LogP) is 0.960. The Bertz CT molecular complexity index is 395. The van der Waals surface area contributed by atoms with E-state index >= 15 is 0 Å². The molecule has 88 valence electrons. The summed E-state index contributed by atoms with van der Waals surface area (Å²) in [5.74, 6) is 0. The fourth-order valence-corrected chi connectivity index (χ4v) is 3.15. The molecule has 3 heterocycles. The van der Waals surface area contributed by atoms with Crippen LogP contribution in [0.25, 0.3) is 0 Å². The third-order valence-corrected chi connectivity index (χ3v) is 3.93. The van der Waals surface area contributed by atoms with Crippen LogP contribution < -0.4 is 5.32 Å². The van der Waals surface area contributed by atoms with E-state index in [0.29, 0.717) is 6.10 Å². The molecule has 1 fully saturated rings. The highest BCUT2D eigenvalue weighted by atomic mass is 16.5. The maximum Gasteiger partial charge on any atom is 0.0949 e. The largest absolute Gasteiger partial charge is 0.376 e. The Balaban J connectivity index is 2.04. The average molecular weight is 221 g/mol. The van der Waals surface area contributed by atoms with Gasteiger partial charge in [-0.1, -0.05) is 0 Å². The molecule has 1 aromatic rings. The molecule has 2 aliphatic heterocycles. The van der Waals surface area contributed by atoms with Gasteiger partial charge >= 0.3 is 0 Å². The zero-order valence-electron chi connectivity index (χ0n) is 9.99. The predicted molar refractivity (Wildman–Crippen MR) is 61.2 cm³/mol. The number of fused-ring (bicyclic) bond motifs is 1. The normalized spacial score (nSPS) is 34.0. The third-order valence-electron chi connectivity index (χ3n) is 3.93. The summed E-state index contributed by atoms with van der Waals surface area (Å²) in [5, 5.41) is 3.63. The first kappa shape index (κ1) is 10.3. The topological polar surface area (TPSA) is 39.1 Å². The van der Waals surface area contributed by atoms with Crippen molar-refractivity contribution in [3.05, 3.63) is 17.7 Å². The molecule has 0 bridgehead atoms. The van der Waals surface area contributed by atoms with Crippen molar-refractivity contribution in [2.45, 2.75) is 37.8 Å². The van der Waals surface area contributed by atoms with Crippen LogP contribution in [0.5, 0.6) is 0 Å². The maximum absolute atomic E-state index is 5.87. The van der Waals surface area contributed by atoms with Crippen LogP contribution in [-0.2, 0) is 23.7 Å². The zero-order valence-corrected chi connectivity index (χ0v) is 9.99. The first-order valence-corrected chi connectivity index (χ1v) is 6.09. The SMILES string of the molecule is Cn1cnc2c1C(C)(C1CCCO1)NCC2. The minimum atomic E-state index is -0.0602. The van der Waals surface area contributed by atoms with Crippen LogP contribution in [0.2, 0.25) is 0 Å². The second kappa shape index (κ2) is 3.57. The Morgan fingerprint density at radius 1 is 1.62 bits per heavy atom. The fraction of sp³-hybridized carbons (Fsp3) is 0.750. The molecule has 0 aliphatic carbocycles. The third kappa shape index (κ3) is 1.33.